The number of halogens is 2. The quantitative estimate of drug-likeness (QED) is 0.371. The summed E-state index contributed by atoms with van der Waals surface area (Å²) in [5, 5.41) is 6.34. The van der Waals surface area contributed by atoms with Crippen LogP contribution in [0.1, 0.15) is 40.5 Å². The van der Waals surface area contributed by atoms with Gasteiger partial charge in [-0.15, -0.1) is 0 Å². The van der Waals surface area contributed by atoms with Crippen molar-refractivity contribution in [1.29, 1.82) is 0 Å². The monoisotopic (exact) mass is 456 g/mol. The Morgan fingerprint density at radius 3 is 2.19 bits per heavy atom. The maximum absolute atomic E-state index is 12.5. The van der Waals surface area contributed by atoms with E-state index in [2.05, 4.69) is 17.6 Å². The fourth-order valence-corrected chi connectivity index (χ4v) is 3.27. The summed E-state index contributed by atoms with van der Waals surface area (Å²) in [6, 6.07) is 18.6. The average molecular weight is 457 g/mol. The van der Waals surface area contributed by atoms with Crippen LogP contribution in [-0.4, -0.2) is 18.4 Å². The Morgan fingerprint density at radius 1 is 0.871 bits per heavy atom. The normalized spacial score (nSPS) is 10.4. The lowest BCUT2D eigenvalue weighted by Gasteiger charge is -2.10. The summed E-state index contributed by atoms with van der Waals surface area (Å²) >= 11 is 11.9. The molecule has 0 saturated carbocycles. The summed E-state index contributed by atoms with van der Waals surface area (Å²) in [7, 11) is 0. The molecule has 0 heterocycles. The van der Waals surface area contributed by atoms with Crippen LogP contribution >= 0.6 is 23.2 Å². The Balaban J connectivity index is 1.60. The van der Waals surface area contributed by atoms with Gasteiger partial charge < -0.3 is 15.4 Å². The summed E-state index contributed by atoms with van der Waals surface area (Å²) in [4.78, 5) is 24.9. The number of nitrogens with one attached hydrogen (secondary N) is 2. The molecule has 0 radical (unpaired) electrons. The Morgan fingerprint density at radius 2 is 1.55 bits per heavy atom. The van der Waals surface area contributed by atoms with Gasteiger partial charge in [-0.3, -0.25) is 9.59 Å². The molecule has 0 bridgehead atoms. The second-order valence-corrected chi connectivity index (χ2v) is 7.68. The van der Waals surface area contributed by atoms with Crippen molar-refractivity contribution in [2.24, 2.45) is 0 Å². The Bertz CT molecular complexity index is 1070. The van der Waals surface area contributed by atoms with Crippen LogP contribution in [-0.2, 0) is 0 Å². The van der Waals surface area contributed by atoms with E-state index in [4.69, 9.17) is 27.9 Å². The van der Waals surface area contributed by atoms with Crippen LogP contribution in [0.2, 0.25) is 10.0 Å². The number of unbranched alkanes of at least 4 members (excludes halogenated alkanes) is 1. The van der Waals surface area contributed by atoms with E-state index in [0.717, 1.165) is 12.8 Å². The summed E-state index contributed by atoms with van der Waals surface area (Å²) in [5.41, 5.74) is 2.00. The Labute approximate surface area is 191 Å². The third kappa shape index (κ3) is 6.48. The van der Waals surface area contributed by atoms with E-state index in [-0.39, 0.29) is 16.8 Å². The summed E-state index contributed by atoms with van der Waals surface area (Å²) in [6.07, 6.45) is 2.01. The van der Waals surface area contributed by atoms with Crippen LogP contribution in [0.15, 0.2) is 66.7 Å². The van der Waals surface area contributed by atoms with Crippen molar-refractivity contribution in [2.45, 2.75) is 19.8 Å². The van der Waals surface area contributed by atoms with Crippen molar-refractivity contribution in [3.8, 4) is 5.75 Å². The van der Waals surface area contributed by atoms with Gasteiger partial charge in [0.05, 0.1) is 17.2 Å². The van der Waals surface area contributed by atoms with Gasteiger partial charge in [0, 0.05) is 22.0 Å². The minimum atomic E-state index is -0.349. The summed E-state index contributed by atoms with van der Waals surface area (Å²) < 4.78 is 5.65. The van der Waals surface area contributed by atoms with Crippen LogP contribution < -0.4 is 15.4 Å². The third-order valence-electron chi connectivity index (χ3n) is 4.44. The van der Waals surface area contributed by atoms with Crippen molar-refractivity contribution in [3.05, 3.63) is 87.9 Å². The molecule has 0 aromatic heterocycles. The molecule has 0 atom stereocenters. The summed E-state index contributed by atoms with van der Waals surface area (Å²) in [6.45, 7) is 2.72. The number of carbonyl (C=O) groups is 2. The third-order valence-corrected chi connectivity index (χ3v) is 4.99. The molecule has 0 aliphatic heterocycles. The minimum Gasteiger partial charge on any atom is -0.494 e. The number of ether oxygens (including phenoxy) is 1. The van der Waals surface area contributed by atoms with Gasteiger partial charge in [0.15, 0.2) is 0 Å². The van der Waals surface area contributed by atoms with E-state index < -0.39 is 0 Å². The van der Waals surface area contributed by atoms with Gasteiger partial charge >= 0.3 is 0 Å². The maximum Gasteiger partial charge on any atom is 0.257 e. The molecule has 0 saturated heterocycles. The highest BCUT2D eigenvalue weighted by Gasteiger charge is 2.12. The highest BCUT2D eigenvalue weighted by atomic mass is 35.5. The van der Waals surface area contributed by atoms with Crippen LogP contribution in [0.5, 0.6) is 5.75 Å². The molecule has 160 valence electrons. The molecule has 3 aromatic carbocycles. The molecule has 0 fully saturated rings. The predicted octanol–water partition coefficient (Wildman–Crippen LogP) is 6.68. The van der Waals surface area contributed by atoms with Crippen molar-refractivity contribution in [1.82, 2.24) is 0 Å². The highest BCUT2D eigenvalue weighted by Crippen LogP contribution is 2.23. The number of amides is 2. The zero-order valence-corrected chi connectivity index (χ0v) is 18.5. The van der Waals surface area contributed by atoms with E-state index in [0.29, 0.717) is 39.9 Å². The Kier molecular flexibility index (Phi) is 7.93. The van der Waals surface area contributed by atoms with E-state index >= 15 is 0 Å². The molecular weight excluding hydrogens is 435 g/mol. The maximum atomic E-state index is 12.5. The van der Waals surface area contributed by atoms with Crippen molar-refractivity contribution >= 4 is 46.4 Å². The highest BCUT2D eigenvalue weighted by molar-refractivity contribution is 6.37. The van der Waals surface area contributed by atoms with E-state index in [1.807, 2.05) is 6.07 Å². The van der Waals surface area contributed by atoms with Crippen LogP contribution in [0.25, 0.3) is 0 Å². The van der Waals surface area contributed by atoms with Gasteiger partial charge in [-0.25, -0.2) is 0 Å². The molecule has 0 unspecified atom stereocenters. The van der Waals surface area contributed by atoms with Gasteiger partial charge in [0.1, 0.15) is 5.75 Å². The van der Waals surface area contributed by atoms with E-state index in [9.17, 15) is 9.59 Å². The zero-order chi connectivity index (χ0) is 22.2. The van der Waals surface area contributed by atoms with E-state index in [1.165, 1.54) is 6.07 Å². The molecule has 31 heavy (non-hydrogen) atoms. The lowest BCUT2D eigenvalue weighted by molar-refractivity contribution is 0.101. The predicted molar refractivity (Wildman–Crippen MR) is 126 cm³/mol. The second kappa shape index (κ2) is 10.8. The van der Waals surface area contributed by atoms with Crippen molar-refractivity contribution < 1.29 is 14.3 Å². The van der Waals surface area contributed by atoms with Gasteiger partial charge in [-0.05, 0) is 67.1 Å². The first kappa shape index (κ1) is 22.7. The second-order valence-electron chi connectivity index (χ2n) is 6.84. The fourth-order valence-electron chi connectivity index (χ4n) is 2.77. The molecule has 2 N–H and O–H groups in total. The molecule has 7 heteroatoms. The number of hydrogen-bond donors (Lipinski definition) is 2. The minimum absolute atomic E-state index is 0.245. The lowest BCUT2D eigenvalue weighted by Crippen LogP contribution is -2.13. The molecule has 3 rings (SSSR count). The van der Waals surface area contributed by atoms with Crippen LogP contribution in [0.4, 0.5) is 11.4 Å². The number of rotatable bonds is 8. The molecule has 0 aliphatic carbocycles. The fraction of sp³-hybridized carbons (Fsp3) is 0.167. The first-order chi connectivity index (χ1) is 15.0. The average Bonchev–Trinajstić information content (AvgIpc) is 2.75. The van der Waals surface area contributed by atoms with E-state index in [1.54, 1.807) is 54.6 Å². The summed E-state index contributed by atoms with van der Waals surface area (Å²) in [5.74, 6) is 0.0732. The van der Waals surface area contributed by atoms with Gasteiger partial charge in [-0.2, -0.15) is 0 Å². The number of anilines is 2. The van der Waals surface area contributed by atoms with Gasteiger partial charge in [0.25, 0.3) is 11.8 Å². The number of benzene rings is 3. The Hall–Kier alpha value is -3.02. The van der Waals surface area contributed by atoms with Crippen LogP contribution in [0, 0.1) is 0 Å². The zero-order valence-electron chi connectivity index (χ0n) is 17.0. The SMILES string of the molecule is CCCCOc1cccc(C(=O)Nc2ccc(NC(=O)c3ccc(Cl)cc3Cl)cc2)c1. The smallest absolute Gasteiger partial charge is 0.257 e. The molecular formula is C24H22Cl2N2O3. The molecule has 0 aliphatic rings. The molecule has 0 spiro atoms. The molecule has 5 nitrogen and oxygen atoms in total. The van der Waals surface area contributed by atoms with Crippen molar-refractivity contribution in [3.63, 3.8) is 0 Å². The molecule has 2 amide bonds. The topological polar surface area (TPSA) is 67.4 Å². The van der Waals surface area contributed by atoms with Crippen molar-refractivity contribution in [2.75, 3.05) is 17.2 Å². The first-order valence-electron chi connectivity index (χ1n) is 9.87. The standard InChI is InChI=1S/C24H22Cl2N2O3/c1-2-3-13-31-20-6-4-5-16(14-20)23(29)27-18-8-10-19(11-9-18)28-24(30)21-12-7-17(25)15-22(21)26/h4-12,14-15H,2-3,13H2,1H3,(H,27,29)(H,28,30). The largest absolute Gasteiger partial charge is 0.494 e. The van der Waals surface area contributed by atoms with Gasteiger partial charge in [0.2, 0.25) is 0 Å². The molecule has 3 aromatic rings. The number of carbonyl (C=O) groups excluding carboxylic acids is 2. The van der Waals surface area contributed by atoms with Gasteiger partial charge in [-0.1, -0.05) is 42.6 Å². The number of hydrogen-bond acceptors (Lipinski definition) is 3. The lowest BCUT2D eigenvalue weighted by atomic mass is 10.2. The van der Waals surface area contributed by atoms with Crippen LogP contribution in [0.3, 0.4) is 0 Å². The first-order valence-corrected chi connectivity index (χ1v) is 10.6.